The molecule has 0 aromatic carbocycles. The second-order valence-electron chi connectivity index (χ2n) is 4.77. The molecule has 0 amide bonds. The Morgan fingerprint density at radius 1 is 1.24 bits per heavy atom. The molecule has 0 spiro atoms. The summed E-state index contributed by atoms with van der Waals surface area (Å²) in [6.07, 6.45) is 1.75. The van der Waals surface area contributed by atoms with Gasteiger partial charge in [-0.2, -0.15) is 0 Å². The van der Waals surface area contributed by atoms with Gasteiger partial charge in [-0.3, -0.25) is 10.2 Å². The van der Waals surface area contributed by atoms with Crippen molar-refractivity contribution < 1.29 is 18.1 Å². The Hall–Kier alpha value is -0.353. The van der Waals surface area contributed by atoms with Crippen molar-refractivity contribution >= 4 is 14.2 Å². The molecule has 1 aliphatic rings. The molecule has 1 rings (SSSR count). The van der Waals surface area contributed by atoms with Crippen LogP contribution < -0.4 is 11.2 Å². The molecule has 0 bridgehead atoms. The molecule has 1 atom stereocenters. The SMILES string of the molecule is CCO[Si](OCC)(OCC)C(=O)[C@@H]1CCCN1NCCN. The zero-order chi connectivity index (χ0) is 15.7. The molecule has 0 aromatic rings. The first-order valence-corrected chi connectivity index (χ1v) is 9.54. The topological polar surface area (TPSA) is 86.1 Å². The maximum Gasteiger partial charge on any atom is 0.576 e. The minimum atomic E-state index is -3.30. The van der Waals surface area contributed by atoms with Gasteiger partial charge in [0.25, 0.3) is 0 Å². The van der Waals surface area contributed by atoms with Crippen molar-refractivity contribution in [2.24, 2.45) is 5.73 Å². The lowest BCUT2D eigenvalue weighted by Crippen LogP contribution is -2.61. The van der Waals surface area contributed by atoms with E-state index in [2.05, 4.69) is 5.43 Å². The van der Waals surface area contributed by atoms with E-state index >= 15 is 0 Å². The van der Waals surface area contributed by atoms with Crippen molar-refractivity contribution in [1.82, 2.24) is 10.4 Å². The summed E-state index contributed by atoms with van der Waals surface area (Å²) < 4.78 is 17.1. The van der Waals surface area contributed by atoms with E-state index in [0.29, 0.717) is 32.9 Å². The van der Waals surface area contributed by atoms with E-state index < -0.39 is 8.80 Å². The van der Waals surface area contributed by atoms with Crippen LogP contribution in [0.4, 0.5) is 0 Å². The van der Waals surface area contributed by atoms with Gasteiger partial charge in [0.2, 0.25) is 5.41 Å². The smallest absolute Gasteiger partial charge is 0.369 e. The molecule has 0 saturated carbocycles. The molecule has 1 fully saturated rings. The first-order chi connectivity index (χ1) is 10.1. The number of nitrogens with two attached hydrogens (primary N) is 1. The highest BCUT2D eigenvalue weighted by Crippen LogP contribution is 2.23. The Balaban J connectivity index is 2.86. The van der Waals surface area contributed by atoms with Gasteiger partial charge in [0.05, 0.1) is 6.04 Å². The molecule has 0 aromatic heterocycles. The van der Waals surface area contributed by atoms with Crippen molar-refractivity contribution in [1.29, 1.82) is 0 Å². The van der Waals surface area contributed by atoms with E-state index in [9.17, 15) is 4.79 Å². The highest BCUT2D eigenvalue weighted by Gasteiger charge is 2.54. The number of hydrogen-bond acceptors (Lipinski definition) is 7. The quantitative estimate of drug-likeness (QED) is 0.521. The summed E-state index contributed by atoms with van der Waals surface area (Å²) >= 11 is 0. The molecular weight excluding hydrogens is 290 g/mol. The number of nitrogens with one attached hydrogen (secondary N) is 1. The van der Waals surface area contributed by atoms with Crippen LogP contribution in [-0.2, 0) is 18.1 Å². The fraction of sp³-hybridized carbons (Fsp3) is 0.923. The average Bonchev–Trinajstić information content (AvgIpc) is 2.93. The van der Waals surface area contributed by atoms with Gasteiger partial charge in [-0.15, -0.1) is 0 Å². The molecule has 1 saturated heterocycles. The zero-order valence-corrected chi connectivity index (χ0v) is 14.4. The Kier molecular flexibility index (Phi) is 8.56. The summed E-state index contributed by atoms with van der Waals surface area (Å²) in [6.45, 7) is 8.77. The molecule has 21 heavy (non-hydrogen) atoms. The lowest BCUT2D eigenvalue weighted by molar-refractivity contribution is -0.124. The molecule has 7 nitrogen and oxygen atoms in total. The summed E-state index contributed by atoms with van der Waals surface area (Å²) in [6, 6.07) is -0.257. The molecule has 0 unspecified atom stereocenters. The highest BCUT2D eigenvalue weighted by atomic mass is 28.4. The third kappa shape index (κ3) is 4.81. The predicted molar refractivity (Wildman–Crippen MR) is 82.4 cm³/mol. The highest BCUT2D eigenvalue weighted by molar-refractivity contribution is 6.93. The van der Waals surface area contributed by atoms with Crippen LogP contribution in [0.2, 0.25) is 0 Å². The van der Waals surface area contributed by atoms with Crippen LogP contribution in [0.3, 0.4) is 0 Å². The van der Waals surface area contributed by atoms with Gasteiger partial charge >= 0.3 is 8.80 Å². The maximum atomic E-state index is 13.0. The predicted octanol–water partition coefficient (Wildman–Crippen LogP) is 0.0708. The van der Waals surface area contributed by atoms with Crippen molar-refractivity contribution in [3.8, 4) is 0 Å². The number of rotatable bonds is 11. The lowest BCUT2D eigenvalue weighted by atomic mass is 10.2. The molecule has 0 radical (unpaired) electrons. The third-order valence-electron chi connectivity index (χ3n) is 3.32. The van der Waals surface area contributed by atoms with Gasteiger partial charge in [-0.05, 0) is 33.6 Å². The van der Waals surface area contributed by atoms with Crippen LogP contribution >= 0.6 is 0 Å². The van der Waals surface area contributed by atoms with Gasteiger partial charge in [0, 0.05) is 39.5 Å². The van der Waals surface area contributed by atoms with Crippen LogP contribution in [0.1, 0.15) is 33.6 Å². The second-order valence-corrected chi connectivity index (χ2v) is 7.24. The van der Waals surface area contributed by atoms with E-state index in [1.807, 2.05) is 25.8 Å². The summed E-state index contributed by atoms with van der Waals surface area (Å²) in [4.78, 5) is 13.0. The first-order valence-electron chi connectivity index (χ1n) is 7.81. The van der Waals surface area contributed by atoms with E-state index in [4.69, 9.17) is 19.0 Å². The maximum absolute atomic E-state index is 13.0. The Labute approximate surface area is 128 Å². The minimum Gasteiger partial charge on any atom is -0.369 e. The fourth-order valence-corrected chi connectivity index (χ4v) is 5.07. The van der Waals surface area contributed by atoms with Crippen molar-refractivity contribution in [3.05, 3.63) is 0 Å². The van der Waals surface area contributed by atoms with Gasteiger partial charge < -0.3 is 19.0 Å². The lowest BCUT2D eigenvalue weighted by Gasteiger charge is -2.32. The van der Waals surface area contributed by atoms with Crippen LogP contribution in [-0.4, -0.2) is 64.7 Å². The monoisotopic (exact) mass is 319 g/mol. The summed E-state index contributed by atoms with van der Waals surface area (Å²) in [5, 5.41) is 1.91. The van der Waals surface area contributed by atoms with Crippen LogP contribution in [0.5, 0.6) is 0 Å². The molecular formula is C13H29N3O4Si. The van der Waals surface area contributed by atoms with E-state index in [1.165, 1.54) is 0 Å². The van der Waals surface area contributed by atoms with Crippen molar-refractivity contribution in [2.45, 2.75) is 39.7 Å². The number of nitrogens with zero attached hydrogens (tertiary/aromatic N) is 1. The van der Waals surface area contributed by atoms with Gasteiger partial charge in [0.1, 0.15) is 0 Å². The molecule has 0 aliphatic carbocycles. The largest absolute Gasteiger partial charge is 0.576 e. The Bertz CT molecular complexity index is 303. The molecule has 1 aliphatic heterocycles. The van der Waals surface area contributed by atoms with E-state index in [1.54, 1.807) is 0 Å². The second kappa shape index (κ2) is 9.62. The zero-order valence-electron chi connectivity index (χ0n) is 13.4. The van der Waals surface area contributed by atoms with Crippen LogP contribution in [0.25, 0.3) is 0 Å². The van der Waals surface area contributed by atoms with E-state index in [-0.39, 0.29) is 11.4 Å². The molecule has 124 valence electrons. The minimum absolute atomic E-state index is 0.0462. The van der Waals surface area contributed by atoms with Crippen molar-refractivity contribution in [2.75, 3.05) is 39.5 Å². The molecule has 3 N–H and O–H groups in total. The van der Waals surface area contributed by atoms with Gasteiger partial charge in [-0.1, -0.05) is 0 Å². The summed E-state index contributed by atoms with van der Waals surface area (Å²) in [5.41, 5.74) is 8.72. The standard InChI is InChI=1S/C13H29N3O4Si/c1-4-18-21(19-5-2,20-6-3)13(17)12-8-7-11-16(12)15-10-9-14/h12,15H,4-11,14H2,1-3H3/t12-/m0/s1. The molecule has 8 heteroatoms. The van der Waals surface area contributed by atoms with E-state index in [0.717, 1.165) is 19.4 Å². The molecule has 1 heterocycles. The van der Waals surface area contributed by atoms with Crippen molar-refractivity contribution in [3.63, 3.8) is 0 Å². The Morgan fingerprint density at radius 2 is 1.81 bits per heavy atom. The average molecular weight is 319 g/mol. The number of hydrazine groups is 1. The van der Waals surface area contributed by atoms with Crippen LogP contribution in [0, 0.1) is 0 Å². The summed E-state index contributed by atoms with van der Waals surface area (Å²) in [5.74, 6) is 0. The van der Waals surface area contributed by atoms with Crippen LogP contribution in [0.15, 0.2) is 0 Å². The normalized spacial score (nSPS) is 20.1. The number of carbonyl (C=O) groups is 1. The number of hydrogen-bond donors (Lipinski definition) is 2. The summed E-state index contributed by atoms with van der Waals surface area (Å²) in [7, 11) is -3.30. The third-order valence-corrected chi connectivity index (χ3v) is 6.26. The van der Waals surface area contributed by atoms with Gasteiger partial charge in [-0.25, -0.2) is 5.01 Å². The fourth-order valence-electron chi connectivity index (χ4n) is 2.55. The first kappa shape index (κ1) is 18.7. The Morgan fingerprint density at radius 3 is 2.29 bits per heavy atom. The van der Waals surface area contributed by atoms with Gasteiger partial charge in [0.15, 0.2) is 0 Å². The number of carbonyl (C=O) groups excluding carboxylic acids is 1.